The molecule has 9 heteroatoms. The predicted octanol–water partition coefficient (Wildman–Crippen LogP) is 2.70. The molecular formula is C15H16FI2N5O. The number of nitrogens with one attached hydrogen (secondary N) is 1. The van der Waals surface area contributed by atoms with Gasteiger partial charge in [0, 0.05) is 48.5 Å². The van der Waals surface area contributed by atoms with Crippen molar-refractivity contribution in [2.24, 2.45) is 0 Å². The van der Waals surface area contributed by atoms with Gasteiger partial charge in [-0.2, -0.15) is 4.98 Å². The number of aromatic nitrogens is 2. The zero-order valence-corrected chi connectivity index (χ0v) is 17.5. The number of aryl methyl sites for hydroxylation is 1. The van der Waals surface area contributed by atoms with Gasteiger partial charge in [-0.3, -0.25) is 0 Å². The number of hydrogen-bond donors (Lipinski definition) is 1. The van der Waals surface area contributed by atoms with Crippen molar-refractivity contribution in [2.45, 2.75) is 25.9 Å². The van der Waals surface area contributed by atoms with Crippen molar-refractivity contribution in [3.63, 3.8) is 0 Å². The molecule has 2 unspecified atom stereocenters. The summed E-state index contributed by atoms with van der Waals surface area (Å²) in [7, 11) is 0. The molecule has 2 atom stereocenters. The van der Waals surface area contributed by atoms with Crippen molar-refractivity contribution < 1.29 is 4.39 Å². The van der Waals surface area contributed by atoms with E-state index in [1.807, 2.05) is 22.9 Å². The summed E-state index contributed by atoms with van der Waals surface area (Å²) in [5, 5.41) is 3.97. The van der Waals surface area contributed by atoms with E-state index < -0.39 is 0 Å². The first-order chi connectivity index (χ1) is 11.4. The van der Waals surface area contributed by atoms with Crippen LogP contribution in [0.2, 0.25) is 0 Å². The Labute approximate surface area is 166 Å². The lowest BCUT2D eigenvalue weighted by Crippen LogP contribution is -2.56. The lowest BCUT2D eigenvalue weighted by molar-refractivity contribution is 0.316. The standard InChI is InChI=1S/C15H16FI2N5O/c1-7-3-10-11-13(12(7)16)19-4-9-6-22(17)8(2)5-21(9)14(11)20-15(24)23(10)18/h3,8-9,19H,4-6H2,1-2H3. The Bertz CT molecular complexity index is 902. The van der Waals surface area contributed by atoms with Gasteiger partial charge in [0.2, 0.25) is 0 Å². The molecule has 128 valence electrons. The molecule has 2 aromatic rings. The molecule has 1 aromatic heterocycles. The Morgan fingerprint density at radius 1 is 1.38 bits per heavy atom. The van der Waals surface area contributed by atoms with E-state index in [2.05, 4.69) is 48.1 Å². The Morgan fingerprint density at radius 3 is 2.88 bits per heavy atom. The lowest BCUT2D eigenvalue weighted by atomic mass is 10.1. The average molecular weight is 555 g/mol. The molecule has 2 aliphatic heterocycles. The highest BCUT2D eigenvalue weighted by Gasteiger charge is 2.36. The van der Waals surface area contributed by atoms with Crippen LogP contribution in [-0.2, 0) is 0 Å². The van der Waals surface area contributed by atoms with E-state index >= 15 is 0 Å². The maximum Gasteiger partial charge on any atom is 0.359 e. The molecule has 2 aliphatic rings. The smallest absolute Gasteiger partial charge is 0.359 e. The molecule has 4 rings (SSSR count). The number of hydrogen-bond acceptors (Lipinski definition) is 5. The number of piperazine rings is 1. The predicted molar refractivity (Wildman–Crippen MR) is 110 cm³/mol. The van der Waals surface area contributed by atoms with Crippen molar-refractivity contribution in [1.29, 1.82) is 0 Å². The van der Waals surface area contributed by atoms with Crippen LogP contribution in [0.5, 0.6) is 0 Å². The van der Waals surface area contributed by atoms with Gasteiger partial charge in [-0.05, 0) is 25.5 Å². The van der Waals surface area contributed by atoms with E-state index in [-0.39, 0.29) is 17.5 Å². The maximum atomic E-state index is 14.8. The van der Waals surface area contributed by atoms with Crippen molar-refractivity contribution in [3.05, 3.63) is 27.9 Å². The number of nitrogens with zero attached hydrogens (tertiary/aromatic N) is 4. The summed E-state index contributed by atoms with van der Waals surface area (Å²) >= 11 is 4.27. The third kappa shape index (κ3) is 2.42. The van der Waals surface area contributed by atoms with Crippen LogP contribution in [0, 0.1) is 12.7 Å². The largest absolute Gasteiger partial charge is 0.380 e. The molecule has 1 aromatic carbocycles. The van der Waals surface area contributed by atoms with Gasteiger partial charge in [-0.25, -0.2) is 15.1 Å². The van der Waals surface area contributed by atoms with Gasteiger partial charge in [0.15, 0.2) is 0 Å². The minimum atomic E-state index is -0.319. The minimum Gasteiger partial charge on any atom is -0.380 e. The molecule has 0 amide bonds. The molecule has 0 spiro atoms. The summed E-state index contributed by atoms with van der Waals surface area (Å²) < 4.78 is 18.5. The summed E-state index contributed by atoms with van der Waals surface area (Å²) in [6.45, 7) is 6.08. The molecule has 6 nitrogen and oxygen atoms in total. The zero-order chi connectivity index (χ0) is 17.2. The van der Waals surface area contributed by atoms with Crippen LogP contribution in [0.3, 0.4) is 0 Å². The average Bonchev–Trinajstić information content (AvgIpc) is 2.68. The second-order valence-corrected chi connectivity index (χ2v) is 8.60. The Balaban J connectivity index is 2.05. The topological polar surface area (TPSA) is 53.4 Å². The van der Waals surface area contributed by atoms with E-state index in [0.717, 1.165) is 13.1 Å². The van der Waals surface area contributed by atoms with Gasteiger partial charge < -0.3 is 10.2 Å². The first-order valence-electron chi connectivity index (χ1n) is 7.73. The van der Waals surface area contributed by atoms with Crippen LogP contribution in [0.1, 0.15) is 12.5 Å². The van der Waals surface area contributed by atoms with Crippen LogP contribution in [0.25, 0.3) is 10.9 Å². The Hall–Kier alpha value is -0.690. The highest BCUT2D eigenvalue weighted by Crippen LogP contribution is 2.39. The Morgan fingerprint density at radius 2 is 2.12 bits per heavy atom. The molecular weight excluding hydrogens is 539 g/mol. The third-order valence-electron chi connectivity index (χ3n) is 4.78. The van der Waals surface area contributed by atoms with Crippen LogP contribution < -0.4 is 15.9 Å². The van der Waals surface area contributed by atoms with Crippen LogP contribution in [0.15, 0.2) is 10.9 Å². The van der Waals surface area contributed by atoms with Gasteiger partial charge in [0.25, 0.3) is 0 Å². The first kappa shape index (κ1) is 16.8. The third-order valence-corrected chi connectivity index (χ3v) is 7.06. The molecule has 24 heavy (non-hydrogen) atoms. The van der Waals surface area contributed by atoms with Crippen molar-refractivity contribution in [3.8, 4) is 0 Å². The van der Waals surface area contributed by atoms with Gasteiger partial charge in [-0.1, -0.05) is 0 Å². The summed E-state index contributed by atoms with van der Waals surface area (Å²) in [6, 6.07) is 2.20. The summed E-state index contributed by atoms with van der Waals surface area (Å²) in [5.41, 5.74) is 1.37. The fraction of sp³-hybridized carbons (Fsp3) is 0.467. The highest BCUT2D eigenvalue weighted by molar-refractivity contribution is 14.1. The van der Waals surface area contributed by atoms with E-state index in [1.54, 1.807) is 13.0 Å². The molecule has 1 N–H and O–H groups in total. The van der Waals surface area contributed by atoms with Crippen molar-refractivity contribution in [2.75, 3.05) is 29.9 Å². The van der Waals surface area contributed by atoms with E-state index in [9.17, 15) is 9.18 Å². The Kier molecular flexibility index (Phi) is 4.15. The zero-order valence-electron chi connectivity index (χ0n) is 13.2. The van der Waals surface area contributed by atoms with E-state index in [4.69, 9.17) is 0 Å². The van der Waals surface area contributed by atoms with Gasteiger partial charge in [0.1, 0.15) is 11.6 Å². The second kappa shape index (κ2) is 5.94. The lowest BCUT2D eigenvalue weighted by Gasteiger charge is -2.42. The van der Waals surface area contributed by atoms with Crippen molar-refractivity contribution >= 4 is 68.1 Å². The molecule has 1 saturated heterocycles. The highest BCUT2D eigenvalue weighted by atomic mass is 127. The van der Waals surface area contributed by atoms with Gasteiger partial charge in [0.05, 0.1) is 45.5 Å². The molecule has 1 fully saturated rings. The monoisotopic (exact) mass is 555 g/mol. The number of fused-ring (bicyclic) bond motifs is 2. The van der Waals surface area contributed by atoms with Crippen molar-refractivity contribution in [1.82, 2.24) is 10.9 Å². The summed E-state index contributed by atoms with van der Waals surface area (Å²) in [5.74, 6) is 0.336. The van der Waals surface area contributed by atoms with E-state index in [0.29, 0.717) is 40.6 Å². The first-order valence-corrected chi connectivity index (χ1v) is 9.66. The summed E-state index contributed by atoms with van der Waals surface area (Å²) in [4.78, 5) is 18.8. The number of rotatable bonds is 0. The van der Waals surface area contributed by atoms with E-state index in [1.165, 1.54) is 2.78 Å². The fourth-order valence-corrected chi connectivity index (χ4v) is 4.60. The second-order valence-electron chi connectivity index (χ2n) is 6.39. The molecule has 3 heterocycles. The van der Waals surface area contributed by atoms with Gasteiger partial charge >= 0.3 is 5.69 Å². The van der Waals surface area contributed by atoms with Crippen LogP contribution >= 0.6 is 45.7 Å². The van der Waals surface area contributed by atoms with Crippen LogP contribution in [0.4, 0.5) is 15.9 Å². The normalized spacial score (nSPS) is 23.8. The number of anilines is 2. The summed E-state index contributed by atoms with van der Waals surface area (Å²) in [6.07, 6.45) is 0. The molecule has 0 radical (unpaired) electrons. The number of benzene rings is 1. The molecule has 0 saturated carbocycles. The quantitative estimate of drug-likeness (QED) is 0.401. The SMILES string of the molecule is Cc1cc2c3c(nc(=O)n2I)N2CC(C)N(I)CC2CNc3c1F. The van der Waals surface area contributed by atoms with Crippen LogP contribution in [-0.4, -0.2) is 42.6 Å². The maximum absolute atomic E-state index is 14.8. The molecule has 0 bridgehead atoms. The number of halogens is 3. The fourth-order valence-electron chi connectivity index (χ4n) is 3.48. The van der Waals surface area contributed by atoms with Gasteiger partial charge in [-0.15, -0.1) is 0 Å². The molecule has 0 aliphatic carbocycles. The minimum absolute atomic E-state index is 0.144.